The maximum absolute atomic E-state index is 12.9. The Balaban J connectivity index is 0.000000558. The highest BCUT2D eigenvalue weighted by molar-refractivity contribution is 6.04. The Bertz CT molecular complexity index is 922. The molecule has 2 aliphatic rings. The molecular formula is C32H48O4. The largest absolute Gasteiger partial charge is 0.300 e. The lowest BCUT2D eigenvalue weighted by atomic mass is 9.72. The SMILES string of the molecule is CCC1CCCC1.CCCC(CC1CC(=O)c2c(ccc(C(C)=O)c2C)C1)C(CC)C(=O)CC(C)=O. The van der Waals surface area contributed by atoms with Gasteiger partial charge >= 0.3 is 0 Å². The fourth-order valence-corrected chi connectivity index (χ4v) is 6.52. The zero-order valence-electron chi connectivity index (χ0n) is 23.6. The lowest BCUT2D eigenvalue weighted by Crippen LogP contribution is -2.30. The Kier molecular flexibility index (Phi) is 12.2. The first kappa shape index (κ1) is 30.1. The van der Waals surface area contributed by atoms with E-state index in [4.69, 9.17) is 0 Å². The van der Waals surface area contributed by atoms with Crippen LogP contribution in [0, 0.1) is 30.6 Å². The summed E-state index contributed by atoms with van der Waals surface area (Å²) in [6.07, 6.45) is 12.2. The van der Waals surface area contributed by atoms with Gasteiger partial charge in [-0.05, 0) is 68.9 Å². The zero-order valence-corrected chi connectivity index (χ0v) is 23.6. The van der Waals surface area contributed by atoms with E-state index in [2.05, 4.69) is 13.8 Å². The second-order valence-corrected chi connectivity index (χ2v) is 11.2. The molecule has 36 heavy (non-hydrogen) atoms. The Morgan fingerprint density at radius 1 is 0.972 bits per heavy atom. The van der Waals surface area contributed by atoms with Crippen molar-refractivity contribution in [3.8, 4) is 0 Å². The van der Waals surface area contributed by atoms with Gasteiger partial charge in [0.25, 0.3) is 0 Å². The molecular weight excluding hydrogens is 448 g/mol. The molecule has 200 valence electrons. The molecule has 1 fully saturated rings. The average Bonchev–Trinajstić information content (AvgIpc) is 3.33. The second-order valence-electron chi connectivity index (χ2n) is 11.2. The summed E-state index contributed by atoms with van der Waals surface area (Å²) in [6.45, 7) is 11.3. The molecule has 0 radical (unpaired) electrons. The van der Waals surface area contributed by atoms with Gasteiger partial charge in [0.1, 0.15) is 11.6 Å². The Labute approximate surface area is 219 Å². The molecule has 0 spiro atoms. The van der Waals surface area contributed by atoms with Gasteiger partial charge in [0.15, 0.2) is 11.6 Å². The Morgan fingerprint density at radius 2 is 1.64 bits per heavy atom. The van der Waals surface area contributed by atoms with E-state index in [0.29, 0.717) is 12.0 Å². The molecule has 3 unspecified atom stereocenters. The van der Waals surface area contributed by atoms with Crippen molar-refractivity contribution >= 4 is 23.1 Å². The summed E-state index contributed by atoms with van der Waals surface area (Å²) in [7, 11) is 0. The quantitative estimate of drug-likeness (QED) is 0.230. The van der Waals surface area contributed by atoms with Crippen molar-refractivity contribution in [1.82, 2.24) is 0 Å². The molecule has 1 aromatic rings. The summed E-state index contributed by atoms with van der Waals surface area (Å²) >= 11 is 0. The van der Waals surface area contributed by atoms with Crippen LogP contribution in [0.4, 0.5) is 0 Å². The third-order valence-corrected chi connectivity index (χ3v) is 8.39. The van der Waals surface area contributed by atoms with Crippen LogP contribution in [-0.2, 0) is 16.0 Å². The molecule has 0 amide bonds. The third kappa shape index (κ3) is 8.21. The summed E-state index contributed by atoms with van der Waals surface area (Å²) in [5, 5.41) is 0. The predicted octanol–water partition coefficient (Wildman–Crippen LogP) is 7.91. The molecule has 0 N–H and O–H groups in total. The lowest BCUT2D eigenvalue weighted by Gasteiger charge is -2.32. The molecule has 0 aliphatic heterocycles. The van der Waals surface area contributed by atoms with Crippen molar-refractivity contribution in [2.24, 2.45) is 23.7 Å². The number of carbonyl (C=O) groups excluding carboxylic acids is 4. The molecule has 1 saturated carbocycles. The second kappa shape index (κ2) is 14.6. The first-order valence-electron chi connectivity index (χ1n) is 14.3. The van der Waals surface area contributed by atoms with E-state index in [1.807, 2.05) is 26.0 Å². The highest BCUT2D eigenvalue weighted by Crippen LogP contribution is 2.37. The maximum atomic E-state index is 12.9. The molecule has 4 nitrogen and oxygen atoms in total. The number of rotatable bonds is 11. The van der Waals surface area contributed by atoms with Crippen molar-refractivity contribution in [2.45, 2.75) is 119 Å². The summed E-state index contributed by atoms with van der Waals surface area (Å²) in [5.74, 6) is 1.44. The van der Waals surface area contributed by atoms with Crippen LogP contribution in [0.1, 0.15) is 137 Å². The minimum absolute atomic E-state index is 0.0121. The maximum Gasteiger partial charge on any atom is 0.163 e. The monoisotopic (exact) mass is 496 g/mol. The van der Waals surface area contributed by atoms with Crippen LogP contribution in [0.3, 0.4) is 0 Å². The van der Waals surface area contributed by atoms with Crippen molar-refractivity contribution in [2.75, 3.05) is 0 Å². The van der Waals surface area contributed by atoms with Crippen LogP contribution in [0.5, 0.6) is 0 Å². The molecule has 1 aromatic carbocycles. The molecule has 0 heterocycles. The van der Waals surface area contributed by atoms with Crippen LogP contribution in [-0.4, -0.2) is 23.1 Å². The number of hydrogen-bond acceptors (Lipinski definition) is 4. The topological polar surface area (TPSA) is 68.3 Å². The van der Waals surface area contributed by atoms with Gasteiger partial charge in [-0.15, -0.1) is 0 Å². The van der Waals surface area contributed by atoms with Crippen LogP contribution in [0.25, 0.3) is 0 Å². The summed E-state index contributed by atoms with van der Waals surface area (Å²) in [5.41, 5.74) is 3.17. The van der Waals surface area contributed by atoms with Gasteiger partial charge in [-0.1, -0.05) is 77.8 Å². The van der Waals surface area contributed by atoms with Crippen molar-refractivity contribution in [1.29, 1.82) is 0 Å². The minimum atomic E-state index is -0.114. The number of benzene rings is 1. The van der Waals surface area contributed by atoms with E-state index < -0.39 is 0 Å². The van der Waals surface area contributed by atoms with E-state index >= 15 is 0 Å². The van der Waals surface area contributed by atoms with E-state index in [9.17, 15) is 19.2 Å². The van der Waals surface area contributed by atoms with E-state index in [1.165, 1.54) is 46.0 Å². The van der Waals surface area contributed by atoms with Gasteiger partial charge in [-0.3, -0.25) is 19.2 Å². The Hall–Kier alpha value is -2.10. The molecule has 4 heteroatoms. The average molecular weight is 497 g/mol. The zero-order chi connectivity index (χ0) is 26.8. The normalized spacial score (nSPS) is 19.2. The Morgan fingerprint density at radius 3 is 2.14 bits per heavy atom. The fraction of sp³-hybridized carbons (Fsp3) is 0.688. The van der Waals surface area contributed by atoms with Crippen molar-refractivity contribution < 1.29 is 19.2 Å². The first-order valence-corrected chi connectivity index (χ1v) is 14.3. The van der Waals surface area contributed by atoms with Gasteiger partial charge in [-0.2, -0.15) is 0 Å². The summed E-state index contributed by atoms with van der Waals surface area (Å²) in [4.78, 5) is 48.8. The number of carbonyl (C=O) groups is 4. The fourth-order valence-electron chi connectivity index (χ4n) is 6.52. The number of ketones is 4. The highest BCUT2D eigenvalue weighted by Gasteiger charge is 2.33. The number of hydrogen-bond donors (Lipinski definition) is 0. The predicted molar refractivity (Wildman–Crippen MR) is 147 cm³/mol. The number of Topliss-reactive ketones (excluding diaryl/α,β-unsaturated/α-hetero) is 4. The smallest absolute Gasteiger partial charge is 0.163 e. The molecule has 0 bridgehead atoms. The van der Waals surface area contributed by atoms with Crippen LogP contribution >= 0.6 is 0 Å². The van der Waals surface area contributed by atoms with Gasteiger partial charge in [0.2, 0.25) is 0 Å². The van der Waals surface area contributed by atoms with Gasteiger partial charge in [0.05, 0.1) is 6.42 Å². The lowest BCUT2D eigenvalue weighted by molar-refractivity contribution is -0.129. The molecule has 2 aliphatic carbocycles. The van der Waals surface area contributed by atoms with Crippen LogP contribution < -0.4 is 0 Å². The third-order valence-electron chi connectivity index (χ3n) is 8.39. The van der Waals surface area contributed by atoms with Gasteiger partial charge in [-0.25, -0.2) is 0 Å². The standard InChI is InChI=1S/C25H34O4.C7H14/c1-6-8-19(21(7-2)23(28)11-15(3)26)12-18-13-20-9-10-22(17(5)27)16(4)25(20)24(29)14-18;1-2-7-5-3-4-6-7/h9-10,18-19,21H,6-8,11-14H2,1-5H3;7H,2-6H2,1H3. The molecule has 3 atom stereocenters. The van der Waals surface area contributed by atoms with Crippen molar-refractivity contribution in [3.05, 3.63) is 34.4 Å². The minimum Gasteiger partial charge on any atom is -0.300 e. The molecule has 0 saturated heterocycles. The van der Waals surface area contributed by atoms with E-state index in [1.54, 1.807) is 0 Å². The highest BCUT2D eigenvalue weighted by atomic mass is 16.1. The first-order chi connectivity index (χ1) is 17.1. The number of fused-ring (bicyclic) bond motifs is 1. The van der Waals surface area contributed by atoms with Crippen LogP contribution in [0.15, 0.2) is 12.1 Å². The van der Waals surface area contributed by atoms with E-state index in [-0.39, 0.29) is 47.3 Å². The van der Waals surface area contributed by atoms with Crippen LogP contribution in [0.2, 0.25) is 0 Å². The van der Waals surface area contributed by atoms with Gasteiger partial charge in [0, 0.05) is 23.5 Å². The van der Waals surface area contributed by atoms with Gasteiger partial charge < -0.3 is 0 Å². The summed E-state index contributed by atoms with van der Waals surface area (Å²) in [6, 6.07) is 3.76. The molecule has 0 aromatic heterocycles. The summed E-state index contributed by atoms with van der Waals surface area (Å²) < 4.78 is 0. The molecule has 3 rings (SSSR count). The van der Waals surface area contributed by atoms with Crippen molar-refractivity contribution in [3.63, 3.8) is 0 Å². The van der Waals surface area contributed by atoms with E-state index in [0.717, 1.165) is 54.7 Å².